The molecule has 0 saturated carbocycles. The standard InChI is InChI=1S/C71H12N2S/c1-7-72-9-5-8(3-4-10(9)74-7)69-71-67-61-55-45-33-25-17-13-11-12-15-19(17)27(33)37-31-23(15)24-16(12)20-18-14(11)22-21(13)29-35(25)43-49-39(29)40-30(22)36-26(18)34-28(20)38-32(24)42-41(31)53(47(37)55)63(67)64-54(42)48(38)56-46(34)52-44(36)50(40)58-57(49)65(59(61)51(43)45)70(71,6-73(69)2)66(58)60(52)62(56)68(64)71/h3-5,69H,6H2,1-2H3. The number of rotatable bonds is 1. The molecule has 4 aliphatic carbocycles. The van der Waals surface area contributed by atoms with Gasteiger partial charge in [0.05, 0.1) is 26.1 Å². The van der Waals surface area contributed by atoms with Gasteiger partial charge < -0.3 is 0 Å². The average molecular weight is 925 g/mol. The molecule has 35 rings (SSSR count). The van der Waals surface area contributed by atoms with E-state index in [9.17, 15) is 0 Å². The SMILES string of the molecule is Cc1nc2cc(C3N(C)CC45c6c7c8c9c%10c%11c(c%12c%13c4c4c6c6c%14c7c7c8c8c%10c%10c%15c%11c%11c%12c%12c%13c%13c4c4c6c6c%14c%14c7c7c8c%10c8c%10c%15c%11c%11c%12c%12c%13c4c4c6c6c%14c7c8c7c%10c%11c%12c4c67)C935)ccc2s1. The van der Waals surface area contributed by atoms with Crippen LogP contribution in [0.25, 0.3) is 301 Å². The van der Waals surface area contributed by atoms with Crippen LogP contribution < -0.4 is 0 Å². The number of fused-ring (bicyclic) bond motifs is 1. The molecular weight excluding hydrogens is 913 g/mol. The predicted molar refractivity (Wildman–Crippen MR) is 314 cm³/mol. The van der Waals surface area contributed by atoms with Crippen LogP contribution in [0.2, 0.25) is 0 Å². The summed E-state index contributed by atoms with van der Waals surface area (Å²) in [6.45, 7) is 3.24. The molecule has 0 radical (unpaired) electrons. The number of likely N-dealkylation sites (N-methyl/N-ethyl adjacent to an activating group) is 1. The van der Waals surface area contributed by atoms with Crippen molar-refractivity contribution in [3.63, 3.8) is 0 Å². The number of nitrogens with zero attached hydrogens (tertiary/aromatic N) is 2. The van der Waals surface area contributed by atoms with E-state index in [1.165, 1.54) is 20.8 Å². The second-order valence-electron chi connectivity index (χ2n) is 27.2. The molecule has 3 heteroatoms. The van der Waals surface area contributed by atoms with Crippen molar-refractivity contribution in [1.29, 1.82) is 0 Å². The molecule has 0 bridgehead atoms. The van der Waals surface area contributed by atoms with Crippen LogP contribution in [-0.4, -0.2) is 23.5 Å². The van der Waals surface area contributed by atoms with E-state index < -0.39 is 0 Å². The second-order valence-corrected chi connectivity index (χ2v) is 28.5. The van der Waals surface area contributed by atoms with Gasteiger partial charge in [0.1, 0.15) is 0 Å². The van der Waals surface area contributed by atoms with E-state index in [0.29, 0.717) is 0 Å². The second kappa shape index (κ2) is 6.41. The number of thiazole rings is 1. The minimum atomic E-state index is -0.341. The van der Waals surface area contributed by atoms with E-state index >= 15 is 0 Å². The van der Waals surface area contributed by atoms with E-state index in [2.05, 4.69) is 37.1 Å². The van der Waals surface area contributed by atoms with Gasteiger partial charge in [0.15, 0.2) is 0 Å². The van der Waals surface area contributed by atoms with Crippen molar-refractivity contribution in [3.8, 4) is 0 Å². The normalized spacial score (nSPS) is 23.4. The van der Waals surface area contributed by atoms with Gasteiger partial charge in [-0.05, 0) is 345 Å². The fourth-order valence-corrected chi connectivity index (χ4v) is 27.6. The lowest BCUT2D eigenvalue weighted by Gasteiger charge is -2.52. The molecule has 1 fully saturated rings. The number of aryl methyl sites for hydroxylation is 1. The third kappa shape index (κ3) is 1.52. The molecule has 1 saturated heterocycles. The molecule has 5 aliphatic rings. The first-order valence-electron chi connectivity index (χ1n) is 27.5. The minimum Gasteiger partial charge on any atom is -0.297 e. The van der Waals surface area contributed by atoms with Crippen molar-refractivity contribution < 1.29 is 0 Å². The summed E-state index contributed by atoms with van der Waals surface area (Å²) < 4.78 is 1.32. The summed E-state index contributed by atoms with van der Waals surface area (Å²) in [6, 6.07) is 7.78. The highest BCUT2D eigenvalue weighted by atomic mass is 32.1. The molecule has 1 atom stereocenters. The summed E-state index contributed by atoms with van der Waals surface area (Å²) in [5.41, 5.74) is 9.10. The summed E-state index contributed by atoms with van der Waals surface area (Å²) in [7, 11) is 2.58. The molecule has 29 aromatic carbocycles. The maximum atomic E-state index is 5.32. The van der Waals surface area contributed by atoms with Crippen LogP contribution in [0.3, 0.4) is 0 Å². The van der Waals surface area contributed by atoms with Crippen LogP contribution in [-0.2, 0) is 10.8 Å². The molecular formula is C71H12N2S. The van der Waals surface area contributed by atoms with E-state index in [4.69, 9.17) is 4.98 Å². The lowest BCUT2D eigenvalue weighted by molar-refractivity contribution is 0.271. The van der Waals surface area contributed by atoms with Crippen LogP contribution in [0, 0.1) is 6.92 Å². The molecule has 0 N–H and O–H groups in total. The Labute approximate surface area is 408 Å². The lowest BCUT2D eigenvalue weighted by Crippen LogP contribution is -2.51. The Morgan fingerprint density at radius 3 is 0.865 bits per heavy atom. The summed E-state index contributed by atoms with van der Waals surface area (Å²) in [5.74, 6) is 0. The molecule has 2 heterocycles. The summed E-state index contributed by atoms with van der Waals surface area (Å²) in [4.78, 5) is 8.27. The average Bonchev–Trinajstić information content (AvgIpc) is 4.37. The Balaban J connectivity index is 1.11. The maximum absolute atomic E-state index is 5.32. The summed E-state index contributed by atoms with van der Waals surface area (Å²) in [5, 5.41) is 91.4. The zero-order valence-electron chi connectivity index (χ0n) is 38.3. The molecule has 1 unspecified atom stereocenters. The van der Waals surface area contributed by atoms with Crippen LogP contribution in [0.15, 0.2) is 18.2 Å². The molecule has 1 aromatic heterocycles. The maximum Gasteiger partial charge on any atom is 0.0907 e. The first-order valence-corrected chi connectivity index (χ1v) is 28.4. The molecule has 74 heavy (non-hydrogen) atoms. The van der Waals surface area contributed by atoms with E-state index in [-0.39, 0.29) is 16.9 Å². The topological polar surface area (TPSA) is 16.1 Å². The van der Waals surface area contributed by atoms with Crippen LogP contribution in [0.4, 0.5) is 0 Å². The first kappa shape index (κ1) is 28.1. The Morgan fingerprint density at radius 2 is 0.595 bits per heavy atom. The van der Waals surface area contributed by atoms with Crippen molar-refractivity contribution in [2.24, 2.45) is 0 Å². The van der Waals surface area contributed by atoms with Gasteiger partial charge >= 0.3 is 0 Å². The highest BCUT2D eigenvalue weighted by Crippen LogP contribution is 2.87. The number of hydrogen-bond acceptors (Lipinski definition) is 3. The third-order valence-electron chi connectivity index (χ3n) is 26.7. The minimum absolute atomic E-state index is 0.129. The van der Waals surface area contributed by atoms with Gasteiger partial charge in [-0.25, -0.2) is 4.98 Å². The van der Waals surface area contributed by atoms with Crippen molar-refractivity contribution in [2.45, 2.75) is 23.8 Å². The first-order chi connectivity index (χ1) is 36.7. The van der Waals surface area contributed by atoms with Crippen LogP contribution in [0.5, 0.6) is 0 Å². The smallest absolute Gasteiger partial charge is 0.0907 e. The molecule has 30 aromatic rings. The fourth-order valence-electron chi connectivity index (χ4n) is 26.8. The van der Waals surface area contributed by atoms with Crippen LogP contribution >= 0.6 is 11.3 Å². The van der Waals surface area contributed by atoms with Crippen molar-refractivity contribution >= 4 is 312 Å². The van der Waals surface area contributed by atoms with Crippen molar-refractivity contribution in [3.05, 3.63) is 51.0 Å². The Morgan fingerprint density at radius 1 is 0.351 bits per heavy atom. The molecule has 1 aliphatic heterocycles. The highest BCUT2D eigenvalue weighted by molar-refractivity contribution is 7.18. The van der Waals surface area contributed by atoms with Crippen LogP contribution in [0.1, 0.15) is 38.9 Å². The highest BCUT2D eigenvalue weighted by Gasteiger charge is 2.75. The van der Waals surface area contributed by atoms with Crippen molar-refractivity contribution in [2.75, 3.05) is 13.6 Å². The summed E-state index contributed by atoms with van der Waals surface area (Å²) in [6.07, 6.45) is 0. The van der Waals surface area contributed by atoms with Crippen molar-refractivity contribution in [1.82, 2.24) is 9.88 Å². The molecule has 2 nitrogen and oxygen atoms in total. The molecule has 0 amide bonds. The third-order valence-corrected chi connectivity index (χ3v) is 27.7. The number of aromatic nitrogens is 1. The van der Waals surface area contributed by atoms with E-state index in [1.807, 2.05) is 11.3 Å². The zero-order chi connectivity index (χ0) is 44.2. The van der Waals surface area contributed by atoms with E-state index in [0.717, 1.165) is 6.54 Å². The molecule has 2 spiro atoms. The van der Waals surface area contributed by atoms with Gasteiger partial charge in [-0.2, -0.15) is 0 Å². The quantitative estimate of drug-likeness (QED) is 0.153. The van der Waals surface area contributed by atoms with Gasteiger partial charge in [0.25, 0.3) is 0 Å². The Hall–Kier alpha value is -8.47. The van der Waals surface area contributed by atoms with Gasteiger partial charge in [-0.15, -0.1) is 11.3 Å². The number of hydrogen-bond donors (Lipinski definition) is 0. The van der Waals surface area contributed by atoms with Gasteiger partial charge in [-0.1, -0.05) is 6.07 Å². The number of likely N-dealkylation sites (tertiary alicyclic amines) is 1. The Kier molecular flexibility index (Phi) is 2.44. The summed E-state index contributed by atoms with van der Waals surface area (Å²) >= 11 is 1.86. The number of benzene rings is 19. The molecule has 312 valence electrons. The Bertz CT molecular complexity index is 7600. The lowest BCUT2D eigenvalue weighted by atomic mass is 9.47. The van der Waals surface area contributed by atoms with Gasteiger partial charge in [0, 0.05) is 12.6 Å². The largest absolute Gasteiger partial charge is 0.297 e. The monoisotopic (exact) mass is 924 g/mol. The van der Waals surface area contributed by atoms with Gasteiger partial charge in [-0.3, -0.25) is 4.90 Å². The fraction of sp³-hybridized carbons (Fsp3) is 0.0845. The predicted octanol–water partition coefficient (Wildman–Crippen LogP) is 18.9. The van der Waals surface area contributed by atoms with Gasteiger partial charge in [0.2, 0.25) is 0 Å². The van der Waals surface area contributed by atoms with E-state index in [1.54, 1.807) is 313 Å². The zero-order valence-corrected chi connectivity index (χ0v) is 39.1.